The van der Waals surface area contributed by atoms with E-state index in [0.717, 1.165) is 13.1 Å². The Labute approximate surface area is 109 Å². The normalized spacial score (nSPS) is 23.6. The molecule has 5 nitrogen and oxygen atoms in total. The van der Waals surface area contributed by atoms with Gasteiger partial charge in [0.05, 0.1) is 6.61 Å². The molecule has 2 amide bonds. The molecule has 0 aromatic carbocycles. The molecule has 1 fully saturated rings. The number of nitrogens with one attached hydrogen (secondary N) is 1. The van der Waals surface area contributed by atoms with E-state index in [1.54, 1.807) is 6.92 Å². The number of amides is 2. The smallest absolute Gasteiger partial charge is 0.407 e. The van der Waals surface area contributed by atoms with Crippen LogP contribution in [0.1, 0.15) is 33.6 Å². The molecule has 18 heavy (non-hydrogen) atoms. The summed E-state index contributed by atoms with van der Waals surface area (Å²) in [4.78, 5) is 24.9. The summed E-state index contributed by atoms with van der Waals surface area (Å²) in [5, 5.41) is 2.57. The lowest BCUT2D eigenvalue weighted by atomic mass is 9.92. The quantitative estimate of drug-likeness (QED) is 0.831. The summed E-state index contributed by atoms with van der Waals surface area (Å²) >= 11 is 0. The SMILES string of the molecule is CCOC(=O)NCCC(=O)N1C[C@H](C)C[C@H](C)C1. The van der Waals surface area contributed by atoms with E-state index in [9.17, 15) is 9.59 Å². The molecule has 2 atom stereocenters. The molecule has 0 aromatic rings. The average molecular weight is 256 g/mol. The van der Waals surface area contributed by atoms with Gasteiger partial charge in [0.2, 0.25) is 5.91 Å². The van der Waals surface area contributed by atoms with Gasteiger partial charge in [-0.3, -0.25) is 4.79 Å². The van der Waals surface area contributed by atoms with Gasteiger partial charge in [-0.05, 0) is 25.2 Å². The summed E-state index contributed by atoms with van der Waals surface area (Å²) in [7, 11) is 0. The van der Waals surface area contributed by atoms with Crippen LogP contribution in [0.3, 0.4) is 0 Å². The van der Waals surface area contributed by atoms with Crippen molar-refractivity contribution in [2.24, 2.45) is 11.8 Å². The standard InChI is InChI=1S/C13H24N2O3/c1-4-18-13(17)14-6-5-12(16)15-8-10(2)7-11(3)9-15/h10-11H,4-9H2,1-3H3,(H,14,17)/t10-,11+. The van der Waals surface area contributed by atoms with Gasteiger partial charge in [0.25, 0.3) is 0 Å². The van der Waals surface area contributed by atoms with E-state index >= 15 is 0 Å². The van der Waals surface area contributed by atoms with Crippen LogP contribution in [0, 0.1) is 11.8 Å². The maximum atomic E-state index is 12.0. The van der Waals surface area contributed by atoms with Crippen molar-refractivity contribution < 1.29 is 14.3 Å². The molecule has 5 heteroatoms. The Balaban J connectivity index is 2.25. The molecule has 0 unspecified atom stereocenters. The summed E-state index contributed by atoms with van der Waals surface area (Å²) in [6.07, 6.45) is 1.08. The van der Waals surface area contributed by atoms with Crippen LogP contribution in [0.25, 0.3) is 0 Å². The van der Waals surface area contributed by atoms with Crippen LogP contribution in [0.4, 0.5) is 4.79 Å². The summed E-state index contributed by atoms with van der Waals surface area (Å²) in [6.45, 7) is 8.46. The van der Waals surface area contributed by atoms with Gasteiger partial charge < -0.3 is 15.0 Å². The second-order valence-corrected chi connectivity index (χ2v) is 5.14. The fourth-order valence-electron chi connectivity index (χ4n) is 2.48. The Kier molecular flexibility index (Phi) is 5.95. The highest BCUT2D eigenvalue weighted by Crippen LogP contribution is 2.21. The fourth-order valence-corrected chi connectivity index (χ4v) is 2.48. The van der Waals surface area contributed by atoms with Gasteiger partial charge in [-0.1, -0.05) is 13.8 Å². The monoisotopic (exact) mass is 256 g/mol. The number of piperidine rings is 1. The van der Waals surface area contributed by atoms with Gasteiger partial charge in [0.1, 0.15) is 0 Å². The third-order valence-corrected chi connectivity index (χ3v) is 3.11. The molecule has 0 radical (unpaired) electrons. The van der Waals surface area contributed by atoms with E-state index in [4.69, 9.17) is 4.74 Å². The Morgan fingerprint density at radius 2 is 1.89 bits per heavy atom. The highest BCUT2D eigenvalue weighted by atomic mass is 16.5. The van der Waals surface area contributed by atoms with Crippen molar-refractivity contribution in [1.29, 1.82) is 0 Å². The molecule has 0 saturated carbocycles. The zero-order valence-corrected chi connectivity index (χ0v) is 11.6. The lowest BCUT2D eigenvalue weighted by molar-refractivity contribution is -0.133. The van der Waals surface area contributed by atoms with Crippen molar-refractivity contribution in [2.45, 2.75) is 33.6 Å². The van der Waals surface area contributed by atoms with Crippen molar-refractivity contribution in [3.63, 3.8) is 0 Å². The first-order valence-electron chi connectivity index (χ1n) is 6.71. The van der Waals surface area contributed by atoms with Crippen LogP contribution < -0.4 is 5.32 Å². The zero-order valence-electron chi connectivity index (χ0n) is 11.6. The van der Waals surface area contributed by atoms with E-state index in [-0.39, 0.29) is 5.91 Å². The summed E-state index contributed by atoms with van der Waals surface area (Å²) < 4.78 is 4.73. The number of ether oxygens (including phenoxy) is 1. The van der Waals surface area contributed by atoms with Crippen LogP contribution in [0.5, 0.6) is 0 Å². The first-order chi connectivity index (χ1) is 8.52. The van der Waals surface area contributed by atoms with Crippen molar-refractivity contribution >= 4 is 12.0 Å². The van der Waals surface area contributed by atoms with Crippen LogP contribution in [-0.2, 0) is 9.53 Å². The Bertz CT molecular complexity index is 284. The number of carbonyl (C=O) groups excluding carboxylic acids is 2. The predicted octanol–water partition coefficient (Wildman–Crippen LogP) is 1.63. The minimum Gasteiger partial charge on any atom is -0.450 e. The summed E-state index contributed by atoms with van der Waals surface area (Å²) in [5.74, 6) is 1.25. The maximum Gasteiger partial charge on any atom is 0.407 e. The number of hydrogen-bond acceptors (Lipinski definition) is 3. The van der Waals surface area contributed by atoms with Crippen molar-refractivity contribution in [3.8, 4) is 0 Å². The lowest BCUT2D eigenvalue weighted by Crippen LogP contribution is -2.43. The molecular weight excluding hydrogens is 232 g/mol. The second kappa shape index (κ2) is 7.24. The molecule has 1 aliphatic rings. The van der Waals surface area contributed by atoms with Crippen LogP contribution in [0.2, 0.25) is 0 Å². The third kappa shape index (κ3) is 4.94. The lowest BCUT2D eigenvalue weighted by Gasteiger charge is -2.35. The molecule has 0 bridgehead atoms. The molecule has 1 rings (SSSR count). The molecule has 1 aliphatic heterocycles. The van der Waals surface area contributed by atoms with E-state index in [1.807, 2.05) is 4.90 Å². The van der Waals surface area contributed by atoms with Crippen LogP contribution in [0.15, 0.2) is 0 Å². The first kappa shape index (κ1) is 14.8. The second-order valence-electron chi connectivity index (χ2n) is 5.14. The van der Waals surface area contributed by atoms with Crippen LogP contribution in [-0.4, -0.2) is 43.1 Å². The van der Waals surface area contributed by atoms with E-state index in [1.165, 1.54) is 6.42 Å². The minimum absolute atomic E-state index is 0.116. The summed E-state index contributed by atoms with van der Waals surface area (Å²) in [5.41, 5.74) is 0. The molecule has 104 valence electrons. The molecular formula is C13H24N2O3. The third-order valence-electron chi connectivity index (χ3n) is 3.11. The molecule has 0 aliphatic carbocycles. The number of nitrogens with zero attached hydrogens (tertiary/aromatic N) is 1. The van der Waals surface area contributed by atoms with Gasteiger partial charge in [-0.2, -0.15) is 0 Å². The van der Waals surface area contributed by atoms with Gasteiger partial charge in [0.15, 0.2) is 0 Å². The largest absolute Gasteiger partial charge is 0.450 e. The summed E-state index contributed by atoms with van der Waals surface area (Å²) in [6, 6.07) is 0. The van der Waals surface area contributed by atoms with E-state index in [0.29, 0.717) is 31.4 Å². The number of hydrogen-bond donors (Lipinski definition) is 1. The number of rotatable bonds is 4. The molecule has 1 heterocycles. The van der Waals surface area contributed by atoms with Crippen LogP contribution >= 0.6 is 0 Å². The molecule has 0 aromatic heterocycles. The topological polar surface area (TPSA) is 58.6 Å². The van der Waals surface area contributed by atoms with Crippen molar-refractivity contribution in [3.05, 3.63) is 0 Å². The average Bonchev–Trinajstić information content (AvgIpc) is 2.27. The Hall–Kier alpha value is -1.26. The first-order valence-corrected chi connectivity index (χ1v) is 6.71. The van der Waals surface area contributed by atoms with Gasteiger partial charge in [0, 0.05) is 26.1 Å². The number of alkyl carbamates (subject to hydrolysis) is 1. The van der Waals surface area contributed by atoms with Gasteiger partial charge in [-0.15, -0.1) is 0 Å². The number of carbonyl (C=O) groups is 2. The highest BCUT2D eigenvalue weighted by Gasteiger charge is 2.24. The fraction of sp³-hybridized carbons (Fsp3) is 0.846. The van der Waals surface area contributed by atoms with E-state index in [2.05, 4.69) is 19.2 Å². The minimum atomic E-state index is -0.453. The van der Waals surface area contributed by atoms with Gasteiger partial charge >= 0.3 is 6.09 Å². The Morgan fingerprint density at radius 1 is 1.28 bits per heavy atom. The molecule has 1 N–H and O–H groups in total. The predicted molar refractivity (Wildman–Crippen MR) is 69.2 cm³/mol. The van der Waals surface area contributed by atoms with Crippen molar-refractivity contribution in [2.75, 3.05) is 26.2 Å². The highest BCUT2D eigenvalue weighted by molar-refractivity contribution is 5.77. The zero-order chi connectivity index (χ0) is 13.5. The van der Waals surface area contributed by atoms with E-state index < -0.39 is 6.09 Å². The van der Waals surface area contributed by atoms with Gasteiger partial charge in [-0.25, -0.2) is 4.79 Å². The maximum absolute atomic E-state index is 12.0. The molecule has 0 spiro atoms. The van der Waals surface area contributed by atoms with Crippen molar-refractivity contribution in [1.82, 2.24) is 10.2 Å². The Morgan fingerprint density at radius 3 is 2.44 bits per heavy atom. The molecule has 1 saturated heterocycles. The number of likely N-dealkylation sites (tertiary alicyclic amines) is 1.